The lowest BCUT2D eigenvalue weighted by molar-refractivity contribution is 0.102. The van der Waals surface area contributed by atoms with Gasteiger partial charge >= 0.3 is 0 Å². The number of pyridine rings is 2. The highest BCUT2D eigenvalue weighted by atomic mass is 35.5. The van der Waals surface area contributed by atoms with Crippen LogP contribution >= 0.6 is 11.6 Å². The van der Waals surface area contributed by atoms with Crippen molar-refractivity contribution in [2.75, 3.05) is 5.32 Å². The molecule has 0 aliphatic heterocycles. The Bertz CT molecular complexity index is 1270. The summed E-state index contributed by atoms with van der Waals surface area (Å²) in [5, 5.41) is 4.07. The normalized spacial score (nSPS) is 10.8. The zero-order valence-electron chi connectivity index (χ0n) is 15.7. The van der Waals surface area contributed by atoms with Crippen molar-refractivity contribution in [1.82, 2.24) is 9.55 Å². The summed E-state index contributed by atoms with van der Waals surface area (Å²) in [4.78, 5) is 30.5. The van der Waals surface area contributed by atoms with Gasteiger partial charge in [0, 0.05) is 22.3 Å². The fraction of sp³-hybridized carbons (Fsp3) is 0.0870. The largest absolute Gasteiger partial charge is 0.322 e. The third-order valence-electron chi connectivity index (χ3n) is 4.79. The molecular formula is C23H18ClN3O2. The quantitative estimate of drug-likeness (QED) is 0.539. The van der Waals surface area contributed by atoms with E-state index in [4.69, 9.17) is 11.6 Å². The Labute approximate surface area is 172 Å². The third kappa shape index (κ3) is 3.77. The number of anilines is 1. The highest BCUT2D eigenvalue weighted by molar-refractivity contribution is 6.31. The van der Waals surface area contributed by atoms with Gasteiger partial charge in [0.2, 0.25) is 0 Å². The molecule has 0 spiro atoms. The molecule has 1 N–H and O–H groups in total. The van der Waals surface area contributed by atoms with Gasteiger partial charge in [0.1, 0.15) is 11.2 Å². The Hall–Kier alpha value is -3.44. The van der Waals surface area contributed by atoms with E-state index in [-0.39, 0.29) is 5.56 Å². The van der Waals surface area contributed by atoms with E-state index in [1.807, 2.05) is 43.3 Å². The van der Waals surface area contributed by atoms with Crippen LogP contribution in [0, 0.1) is 6.92 Å². The van der Waals surface area contributed by atoms with Crippen molar-refractivity contribution in [2.24, 2.45) is 0 Å². The average Bonchev–Trinajstić information content (AvgIpc) is 2.74. The molecule has 2 heterocycles. The number of carbonyl (C=O) groups excluding carboxylic acids is 1. The van der Waals surface area contributed by atoms with E-state index < -0.39 is 11.5 Å². The van der Waals surface area contributed by atoms with Gasteiger partial charge in [-0.3, -0.25) is 14.2 Å². The fourth-order valence-corrected chi connectivity index (χ4v) is 3.39. The van der Waals surface area contributed by atoms with Crippen LogP contribution in [0.15, 0.2) is 77.7 Å². The zero-order valence-corrected chi connectivity index (χ0v) is 16.5. The molecule has 4 aromatic rings. The van der Waals surface area contributed by atoms with Crippen LogP contribution in [0.4, 0.5) is 5.69 Å². The maximum atomic E-state index is 13.2. The molecule has 5 nitrogen and oxygen atoms in total. The molecule has 0 radical (unpaired) electrons. The summed E-state index contributed by atoms with van der Waals surface area (Å²) < 4.78 is 1.53. The van der Waals surface area contributed by atoms with E-state index in [2.05, 4.69) is 10.3 Å². The van der Waals surface area contributed by atoms with E-state index in [1.54, 1.807) is 36.5 Å². The molecule has 0 atom stereocenters. The minimum Gasteiger partial charge on any atom is -0.322 e. The number of benzene rings is 2. The number of hydrogen-bond donors (Lipinski definition) is 1. The van der Waals surface area contributed by atoms with Crippen LogP contribution in [0.3, 0.4) is 0 Å². The lowest BCUT2D eigenvalue weighted by atomic mass is 10.1. The number of halogens is 1. The predicted octanol–water partition coefficient (Wildman–Crippen LogP) is 4.66. The molecule has 0 aliphatic carbocycles. The smallest absolute Gasteiger partial charge is 0.265 e. The first-order chi connectivity index (χ1) is 14.0. The topological polar surface area (TPSA) is 64.0 Å². The van der Waals surface area contributed by atoms with Gasteiger partial charge < -0.3 is 5.32 Å². The molecule has 0 saturated carbocycles. The maximum absolute atomic E-state index is 13.2. The first kappa shape index (κ1) is 18.9. The van der Waals surface area contributed by atoms with Gasteiger partial charge in [-0.1, -0.05) is 48.0 Å². The van der Waals surface area contributed by atoms with Crippen molar-refractivity contribution in [3.8, 4) is 0 Å². The fourth-order valence-electron chi connectivity index (χ4n) is 3.21. The molecule has 0 unspecified atom stereocenters. The molecule has 144 valence electrons. The van der Waals surface area contributed by atoms with Gasteiger partial charge in [-0.25, -0.2) is 4.98 Å². The number of rotatable bonds is 4. The van der Waals surface area contributed by atoms with E-state index in [1.165, 1.54) is 4.57 Å². The molecule has 0 fully saturated rings. The molecule has 0 aliphatic rings. The maximum Gasteiger partial charge on any atom is 0.265 e. The summed E-state index contributed by atoms with van der Waals surface area (Å²) in [6.45, 7) is 2.14. The molecule has 6 heteroatoms. The summed E-state index contributed by atoms with van der Waals surface area (Å²) in [6, 6.07) is 20.1. The average molecular weight is 404 g/mol. The zero-order chi connectivity index (χ0) is 20.4. The Kier molecular flexibility index (Phi) is 5.14. The SMILES string of the molecule is Cc1c(Cl)cccc1NC(=O)c1cc2cccnc2n(Cc2ccccc2)c1=O. The molecule has 0 bridgehead atoms. The summed E-state index contributed by atoms with van der Waals surface area (Å²) in [5.74, 6) is -0.479. The number of amides is 1. The van der Waals surface area contributed by atoms with Crippen LogP contribution in [-0.4, -0.2) is 15.5 Å². The molecule has 2 aromatic heterocycles. The first-order valence-electron chi connectivity index (χ1n) is 9.13. The molecule has 1 amide bonds. The summed E-state index contributed by atoms with van der Waals surface area (Å²) in [5.41, 5.74) is 2.47. The number of nitrogens with zero attached hydrogens (tertiary/aromatic N) is 2. The van der Waals surface area contributed by atoms with Gasteiger partial charge in [0.05, 0.1) is 6.54 Å². The number of hydrogen-bond acceptors (Lipinski definition) is 3. The summed E-state index contributed by atoms with van der Waals surface area (Å²) in [6.07, 6.45) is 1.64. The van der Waals surface area contributed by atoms with E-state index >= 15 is 0 Å². The third-order valence-corrected chi connectivity index (χ3v) is 5.20. The van der Waals surface area contributed by atoms with Gasteiger partial charge in [-0.15, -0.1) is 0 Å². The van der Waals surface area contributed by atoms with E-state index in [0.29, 0.717) is 22.9 Å². The molecule has 2 aromatic carbocycles. The van der Waals surface area contributed by atoms with Crippen LogP contribution in [0.1, 0.15) is 21.5 Å². The van der Waals surface area contributed by atoms with Gasteiger partial charge in [0.15, 0.2) is 0 Å². The first-order valence-corrected chi connectivity index (χ1v) is 9.51. The van der Waals surface area contributed by atoms with Crippen LogP contribution in [-0.2, 0) is 6.54 Å². The van der Waals surface area contributed by atoms with Crippen molar-refractivity contribution < 1.29 is 4.79 Å². The summed E-state index contributed by atoms with van der Waals surface area (Å²) >= 11 is 6.14. The molecule has 29 heavy (non-hydrogen) atoms. The van der Waals surface area contributed by atoms with Gasteiger partial charge in [-0.2, -0.15) is 0 Å². The Morgan fingerprint density at radius 2 is 1.86 bits per heavy atom. The van der Waals surface area contributed by atoms with Crippen molar-refractivity contribution in [3.63, 3.8) is 0 Å². The lowest BCUT2D eigenvalue weighted by Crippen LogP contribution is -2.30. The molecule has 4 rings (SSSR count). The predicted molar refractivity (Wildman–Crippen MR) is 116 cm³/mol. The Balaban J connectivity index is 1.80. The Morgan fingerprint density at radius 3 is 2.66 bits per heavy atom. The van der Waals surface area contributed by atoms with Gasteiger partial charge in [-0.05, 0) is 48.4 Å². The second kappa shape index (κ2) is 7.89. The second-order valence-electron chi connectivity index (χ2n) is 6.72. The number of carbonyl (C=O) groups is 1. The molecule has 0 saturated heterocycles. The van der Waals surface area contributed by atoms with Crippen molar-refractivity contribution in [1.29, 1.82) is 0 Å². The van der Waals surface area contributed by atoms with Crippen LogP contribution in [0.5, 0.6) is 0 Å². The van der Waals surface area contributed by atoms with E-state index in [9.17, 15) is 9.59 Å². The number of aromatic nitrogens is 2. The second-order valence-corrected chi connectivity index (χ2v) is 7.12. The van der Waals surface area contributed by atoms with Crippen LogP contribution in [0.25, 0.3) is 11.0 Å². The number of nitrogens with one attached hydrogen (secondary N) is 1. The van der Waals surface area contributed by atoms with Crippen LogP contribution in [0.2, 0.25) is 5.02 Å². The standard InChI is InChI=1S/C23H18ClN3O2/c1-15-19(24)10-5-11-20(15)26-22(28)18-13-17-9-6-12-25-21(17)27(23(18)29)14-16-7-3-2-4-8-16/h2-13H,14H2,1H3,(H,26,28). The van der Waals surface area contributed by atoms with Crippen LogP contribution < -0.4 is 10.9 Å². The minimum absolute atomic E-state index is 0.0563. The van der Waals surface area contributed by atoms with Crippen molar-refractivity contribution in [3.05, 3.63) is 105 Å². The highest BCUT2D eigenvalue weighted by Gasteiger charge is 2.17. The van der Waals surface area contributed by atoms with E-state index in [0.717, 1.165) is 16.5 Å². The molecular weight excluding hydrogens is 386 g/mol. The Morgan fingerprint density at radius 1 is 1.07 bits per heavy atom. The minimum atomic E-state index is -0.479. The lowest BCUT2D eigenvalue weighted by Gasteiger charge is -2.13. The van der Waals surface area contributed by atoms with Crippen molar-refractivity contribution >= 4 is 34.2 Å². The van der Waals surface area contributed by atoms with Gasteiger partial charge in [0.25, 0.3) is 11.5 Å². The van der Waals surface area contributed by atoms with Crippen molar-refractivity contribution in [2.45, 2.75) is 13.5 Å². The highest BCUT2D eigenvalue weighted by Crippen LogP contribution is 2.23. The monoisotopic (exact) mass is 403 g/mol. The number of fused-ring (bicyclic) bond motifs is 1. The summed E-state index contributed by atoms with van der Waals surface area (Å²) in [7, 11) is 0.